The summed E-state index contributed by atoms with van der Waals surface area (Å²) in [6.07, 6.45) is 0. The fraction of sp³-hybridized carbons (Fsp3) is 0.500. The van der Waals surface area contributed by atoms with Gasteiger partial charge < -0.3 is 22.9 Å². The van der Waals surface area contributed by atoms with Crippen LogP contribution >= 0.6 is 32.7 Å². The van der Waals surface area contributed by atoms with Gasteiger partial charge in [-0.15, -0.1) is 9.79 Å². The fourth-order valence-corrected chi connectivity index (χ4v) is 0. The first-order valence-corrected chi connectivity index (χ1v) is 5.13. The van der Waals surface area contributed by atoms with E-state index in [1.54, 1.807) is 0 Å². The monoisotopic (exact) mass is 263 g/mol. The van der Waals surface area contributed by atoms with Gasteiger partial charge in [-0.05, 0) is 24.4 Å². The molecular formula is C4H16N4O3PS2+. The van der Waals surface area contributed by atoms with Crippen LogP contribution in [-0.4, -0.2) is 20.0 Å². The zero-order valence-electron chi connectivity index (χ0n) is 7.88. The summed E-state index contributed by atoms with van der Waals surface area (Å²) in [6.45, 7) is 4.00. The van der Waals surface area contributed by atoms with E-state index in [1.165, 1.54) is 0 Å². The largest absolute Gasteiger partial charge is 0.692 e. The molecule has 14 heavy (non-hydrogen) atoms. The molecule has 0 fully saturated rings. The zero-order valence-corrected chi connectivity index (χ0v) is 10.4. The number of rotatable bonds is 0. The van der Waals surface area contributed by atoms with Crippen LogP contribution in [0, 0.1) is 0 Å². The summed E-state index contributed by atoms with van der Waals surface area (Å²) in [4.78, 5) is 14.2. The van der Waals surface area contributed by atoms with Crippen LogP contribution in [-0.2, 0) is 4.57 Å². The van der Waals surface area contributed by atoms with Crippen molar-refractivity contribution in [2.45, 2.75) is 13.8 Å². The van der Waals surface area contributed by atoms with Gasteiger partial charge in [-0.3, -0.25) is 0 Å². The molecule has 0 rings (SSSR count). The van der Waals surface area contributed by atoms with Gasteiger partial charge in [-0.2, -0.15) is 0 Å². The quantitative estimate of drug-likeness (QED) is 0.238. The molecule has 0 aliphatic carbocycles. The standard InChI is InChI=1S/C2H6.2CH4N2S.HO3P/c1-2;2*2-1(3)4;1-4(2)3/h1-2H3;2*(H4,2,3,4);(H-,1,2,3)/p+1. The van der Waals surface area contributed by atoms with Gasteiger partial charge in [-0.1, -0.05) is 13.8 Å². The van der Waals surface area contributed by atoms with Gasteiger partial charge in [-0.25, -0.2) is 0 Å². The SMILES string of the molecule is CC.NC(N)=S.NC(N)=S.O=[P+](O)O. The number of thiocarbonyl (C=S) groups is 2. The molecule has 0 spiro atoms. The van der Waals surface area contributed by atoms with Gasteiger partial charge in [0.05, 0.1) is 0 Å². The third-order valence-corrected chi connectivity index (χ3v) is 0. The Kier molecular flexibility index (Phi) is 38.0. The molecule has 7 nitrogen and oxygen atoms in total. The van der Waals surface area contributed by atoms with E-state index < -0.39 is 8.25 Å². The second-order valence-electron chi connectivity index (χ2n) is 1.06. The Morgan fingerprint density at radius 1 is 1.00 bits per heavy atom. The smallest absolute Gasteiger partial charge is 0.377 e. The van der Waals surface area contributed by atoms with Gasteiger partial charge in [0.15, 0.2) is 10.2 Å². The summed E-state index contributed by atoms with van der Waals surface area (Å²) in [7, 11) is -2.87. The molecule has 0 atom stereocenters. The summed E-state index contributed by atoms with van der Waals surface area (Å²) in [5.41, 5.74) is 18.5. The first-order chi connectivity index (χ1) is 6.20. The van der Waals surface area contributed by atoms with Crippen LogP contribution < -0.4 is 22.9 Å². The van der Waals surface area contributed by atoms with Gasteiger partial charge in [0.2, 0.25) is 0 Å². The maximum atomic E-state index is 8.70. The zero-order chi connectivity index (χ0) is 12.7. The second kappa shape index (κ2) is 22.8. The van der Waals surface area contributed by atoms with Crippen LogP contribution in [0.25, 0.3) is 0 Å². The maximum Gasteiger partial charge on any atom is 0.692 e. The van der Waals surface area contributed by atoms with Crippen LogP contribution in [0.4, 0.5) is 0 Å². The van der Waals surface area contributed by atoms with Crippen molar-refractivity contribution in [3.8, 4) is 0 Å². The van der Waals surface area contributed by atoms with Crippen LogP contribution in [0.3, 0.4) is 0 Å². The van der Waals surface area contributed by atoms with Crippen LogP contribution in [0.1, 0.15) is 13.8 Å². The third-order valence-electron chi connectivity index (χ3n) is 0. The summed E-state index contributed by atoms with van der Waals surface area (Å²) in [5, 5.41) is 0.000000000000000444. The van der Waals surface area contributed by atoms with Crippen molar-refractivity contribution < 1.29 is 14.4 Å². The van der Waals surface area contributed by atoms with E-state index in [0.29, 0.717) is 0 Å². The molecule has 0 radical (unpaired) electrons. The lowest BCUT2D eigenvalue weighted by Gasteiger charge is -1.68. The molecule has 0 heterocycles. The second-order valence-corrected chi connectivity index (χ2v) is 2.51. The molecule has 86 valence electrons. The maximum absolute atomic E-state index is 8.70. The van der Waals surface area contributed by atoms with E-state index >= 15 is 0 Å². The Morgan fingerprint density at radius 3 is 1.00 bits per heavy atom. The fourth-order valence-electron chi connectivity index (χ4n) is 0. The van der Waals surface area contributed by atoms with E-state index in [2.05, 4.69) is 47.4 Å². The highest BCUT2D eigenvalue weighted by Gasteiger charge is 1.93. The van der Waals surface area contributed by atoms with E-state index in [-0.39, 0.29) is 10.2 Å². The molecule has 0 aliphatic rings. The third kappa shape index (κ3) is 3430. The van der Waals surface area contributed by atoms with E-state index in [1.807, 2.05) is 13.8 Å². The highest BCUT2D eigenvalue weighted by Crippen LogP contribution is 1.98. The molecule has 0 saturated carbocycles. The van der Waals surface area contributed by atoms with Crippen molar-refractivity contribution in [1.29, 1.82) is 0 Å². The lowest BCUT2D eigenvalue weighted by Crippen LogP contribution is -2.18. The Labute approximate surface area is 94.4 Å². The Balaban J connectivity index is -0.0000000492. The molecule has 0 amide bonds. The predicted octanol–water partition coefficient (Wildman–Crippen LogP) is -0.968. The molecule has 0 aromatic heterocycles. The number of nitrogens with two attached hydrogens (primary N) is 4. The minimum atomic E-state index is -2.87. The molecule has 0 aromatic carbocycles. The molecular weight excluding hydrogens is 247 g/mol. The highest BCUT2D eigenvalue weighted by atomic mass is 32.1. The van der Waals surface area contributed by atoms with Crippen molar-refractivity contribution in [1.82, 2.24) is 0 Å². The summed E-state index contributed by atoms with van der Waals surface area (Å²) < 4.78 is 8.70. The Morgan fingerprint density at radius 2 is 1.00 bits per heavy atom. The number of hydrogen-bond acceptors (Lipinski definition) is 3. The summed E-state index contributed by atoms with van der Waals surface area (Å²) in [5.74, 6) is 0. The average Bonchev–Trinajstić information content (AvgIpc) is 1.86. The van der Waals surface area contributed by atoms with Gasteiger partial charge in [0.1, 0.15) is 0 Å². The predicted molar refractivity (Wildman–Crippen MR) is 65.3 cm³/mol. The van der Waals surface area contributed by atoms with Crippen molar-refractivity contribution in [2.75, 3.05) is 0 Å². The van der Waals surface area contributed by atoms with E-state index in [9.17, 15) is 0 Å². The van der Waals surface area contributed by atoms with Gasteiger partial charge in [0.25, 0.3) is 0 Å². The molecule has 0 unspecified atom stereocenters. The van der Waals surface area contributed by atoms with Crippen LogP contribution in [0.2, 0.25) is 0 Å². The van der Waals surface area contributed by atoms with Crippen molar-refractivity contribution in [3.63, 3.8) is 0 Å². The van der Waals surface area contributed by atoms with Crippen LogP contribution in [0.15, 0.2) is 0 Å². The first kappa shape index (κ1) is 23.3. The molecule has 0 saturated heterocycles. The normalized spacial score (nSPS) is 5.71. The minimum absolute atomic E-state index is 0.000000000000000222. The van der Waals surface area contributed by atoms with Crippen molar-refractivity contribution in [2.24, 2.45) is 22.9 Å². The molecule has 0 aromatic rings. The van der Waals surface area contributed by atoms with E-state index in [0.717, 1.165) is 0 Å². The average molecular weight is 263 g/mol. The first-order valence-electron chi connectivity index (χ1n) is 3.15. The molecule has 0 aliphatic heterocycles. The Hall–Kier alpha value is -0.600. The lowest BCUT2D eigenvalue weighted by molar-refractivity contribution is 0.405. The number of hydrogen-bond donors (Lipinski definition) is 6. The highest BCUT2D eigenvalue weighted by molar-refractivity contribution is 7.80. The van der Waals surface area contributed by atoms with Crippen molar-refractivity contribution in [3.05, 3.63) is 0 Å². The van der Waals surface area contributed by atoms with Crippen molar-refractivity contribution >= 4 is 42.9 Å². The van der Waals surface area contributed by atoms with Gasteiger partial charge in [0, 0.05) is 4.57 Å². The molecule has 10 N–H and O–H groups in total. The molecule has 10 heteroatoms. The van der Waals surface area contributed by atoms with Crippen LogP contribution in [0.5, 0.6) is 0 Å². The topological polar surface area (TPSA) is 162 Å². The lowest BCUT2D eigenvalue weighted by atomic mass is 11.0. The molecule has 0 bridgehead atoms. The van der Waals surface area contributed by atoms with E-state index in [4.69, 9.17) is 14.4 Å². The Bertz CT molecular complexity index is 128. The minimum Gasteiger partial charge on any atom is -0.377 e. The van der Waals surface area contributed by atoms with Gasteiger partial charge >= 0.3 is 8.25 Å². The summed E-state index contributed by atoms with van der Waals surface area (Å²) in [6, 6.07) is 0. The summed E-state index contributed by atoms with van der Waals surface area (Å²) >= 11 is 8.19.